The molecule has 0 aromatic carbocycles. The van der Waals surface area contributed by atoms with Crippen molar-refractivity contribution in [1.29, 1.82) is 0 Å². The molecule has 1 aromatic heterocycles. The topological polar surface area (TPSA) is 32.3 Å². The van der Waals surface area contributed by atoms with Crippen molar-refractivity contribution >= 4 is 5.95 Å². The first-order chi connectivity index (χ1) is 8.43. The zero-order valence-corrected chi connectivity index (χ0v) is 10.3. The summed E-state index contributed by atoms with van der Waals surface area (Å²) in [5, 5.41) is 0. The van der Waals surface area contributed by atoms with Crippen LogP contribution in [0.2, 0.25) is 0 Å². The Kier molecular flexibility index (Phi) is 3.22. The normalized spacial score (nSPS) is 26.4. The number of hydrogen-bond donors (Lipinski definition) is 0. The third-order valence-corrected chi connectivity index (χ3v) is 3.89. The molecule has 1 unspecified atom stereocenters. The minimum atomic E-state index is 0.718. The Morgan fingerprint density at radius 1 is 1.00 bits per heavy atom. The molecule has 17 heavy (non-hydrogen) atoms. The fourth-order valence-corrected chi connectivity index (χ4v) is 3.00. The molecule has 4 nitrogen and oxygen atoms in total. The van der Waals surface area contributed by atoms with E-state index in [1.54, 1.807) is 0 Å². The van der Waals surface area contributed by atoms with Crippen molar-refractivity contribution in [1.82, 2.24) is 14.9 Å². The molecule has 0 spiro atoms. The number of hydrogen-bond acceptors (Lipinski definition) is 4. The standard InChI is InChI=1S/C13H20N4/c1-2-9-16(8-1)12-5-3-10-17(11-12)13-14-6-4-7-15-13/h4,6-7,12H,1-3,5,8-11H2. The second kappa shape index (κ2) is 5.00. The van der Waals surface area contributed by atoms with Crippen molar-refractivity contribution < 1.29 is 0 Å². The van der Waals surface area contributed by atoms with Crippen LogP contribution in [-0.4, -0.2) is 47.1 Å². The van der Waals surface area contributed by atoms with E-state index in [0.717, 1.165) is 25.1 Å². The number of aromatic nitrogens is 2. The van der Waals surface area contributed by atoms with Crippen molar-refractivity contribution in [3.8, 4) is 0 Å². The van der Waals surface area contributed by atoms with Gasteiger partial charge >= 0.3 is 0 Å². The lowest BCUT2D eigenvalue weighted by Gasteiger charge is -2.37. The monoisotopic (exact) mass is 232 g/mol. The van der Waals surface area contributed by atoms with Gasteiger partial charge in [0.1, 0.15) is 0 Å². The van der Waals surface area contributed by atoms with E-state index in [1.165, 1.54) is 38.8 Å². The summed E-state index contributed by atoms with van der Waals surface area (Å²) < 4.78 is 0. The summed E-state index contributed by atoms with van der Waals surface area (Å²) in [6, 6.07) is 2.60. The SMILES string of the molecule is c1cnc(N2CCCC(N3CCCC3)C2)nc1. The Bertz CT molecular complexity index is 348. The first-order valence-electron chi connectivity index (χ1n) is 6.69. The van der Waals surface area contributed by atoms with Gasteiger partial charge in [0, 0.05) is 31.5 Å². The van der Waals surface area contributed by atoms with Gasteiger partial charge in [-0.2, -0.15) is 0 Å². The van der Waals surface area contributed by atoms with Crippen LogP contribution in [0, 0.1) is 0 Å². The number of piperidine rings is 1. The first-order valence-corrected chi connectivity index (χ1v) is 6.69. The Labute approximate surface area is 103 Å². The minimum absolute atomic E-state index is 0.718. The van der Waals surface area contributed by atoms with E-state index >= 15 is 0 Å². The summed E-state index contributed by atoms with van der Waals surface area (Å²) in [6.45, 7) is 4.78. The summed E-state index contributed by atoms with van der Waals surface area (Å²) in [4.78, 5) is 13.7. The molecule has 0 radical (unpaired) electrons. The molecule has 3 heterocycles. The maximum Gasteiger partial charge on any atom is 0.225 e. The van der Waals surface area contributed by atoms with Gasteiger partial charge in [-0.05, 0) is 44.8 Å². The van der Waals surface area contributed by atoms with Gasteiger partial charge in [0.15, 0.2) is 0 Å². The van der Waals surface area contributed by atoms with E-state index in [2.05, 4.69) is 19.8 Å². The molecule has 0 amide bonds. The van der Waals surface area contributed by atoms with E-state index in [1.807, 2.05) is 18.5 Å². The second-order valence-corrected chi connectivity index (χ2v) is 5.03. The Morgan fingerprint density at radius 2 is 1.76 bits per heavy atom. The van der Waals surface area contributed by atoms with Gasteiger partial charge in [-0.25, -0.2) is 9.97 Å². The zero-order valence-electron chi connectivity index (χ0n) is 10.3. The van der Waals surface area contributed by atoms with Gasteiger partial charge in [0.2, 0.25) is 5.95 Å². The van der Waals surface area contributed by atoms with Crippen LogP contribution in [0.3, 0.4) is 0 Å². The third-order valence-electron chi connectivity index (χ3n) is 3.89. The van der Waals surface area contributed by atoms with E-state index < -0.39 is 0 Å². The molecular formula is C13H20N4. The largest absolute Gasteiger partial charge is 0.339 e. The van der Waals surface area contributed by atoms with Crippen LogP contribution in [0.4, 0.5) is 5.95 Å². The van der Waals surface area contributed by atoms with Crippen LogP contribution >= 0.6 is 0 Å². The van der Waals surface area contributed by atoms with Gasteiger partial charge < -0.3 is 4.90 Å². The van der Waals surface area contributed by atoms with Crippen LogP contribution in [0.1, 0.15) is 25.7 Å². The number of anilines is 1. The quantitative estimate of drug-likeness (QED) is 0.774. The summed E-state index contributed by atoms with van der Waals surface area (Å²) in [5.74, 6) is 0.899. The van der Waals surface area contributed by atoms with E-state index in [-0.39, 0.29) is 0 Å². The number of rotatable bonds is 2. The fraction of sp³-hybridized carbons (Fsp3) is 0.692. The highest BCUT2D eigenvalue weighted by Crippen LogP contribution is 2.22. The number of likely N-dealkylation sites (tertiary alicyclic amines) is 1. The molecule has 0 saturated carbocycles. The molecule has 92 valence electrons. The zero-order chi connectivity index (χ0) is 11.5. The second-order valence-electron chi connectivity index (χ2n) is 5.03. The van der Waals surface area contributed by atoms with Crippen LogP contribution in [0.25, 0.3) is 0 Å². The van der Waals surface area contributed by atoms with Gasteiger partial charge in [-0.15, -0.1) is 0 Å². The highest BCUT2D eigenvalue weighted by Gasteiger charge is 2.27. The molecule has 0 bridgehead atoms. The molecule has 0 aliphatic carbocycles. The van der Waals surface area contributed by atoms with E-state index in [0.29, 0.717) is 0 Å². The summed E-state index contributed by atoms with van der Waals surface area (Å²) >= 11 is 0. The predicted octanol–water partition coefficient (Wildman–Crippen LogP) is 1.54. The van der Waals surface area contributed by atoms with Crippen LogP contribution in [0.15, 0.2) is 18.5 Å². The van der Waals surface area contributed by atoms with Gasteiger partial charge in [0.25, 0.3) is 0 Å². The summed E-state index contributed by atoms with van der Waals surface area (Å²) in [5.41, 5.74) is 0. The van der Waals surface area contributed by atoms with Crippen molar-refractivity contribution in [3.63, 3.8) is 0 Å². The van der Waals surface area contributed by atoms with Crippen molar-refractivity contribution in [2.45, 2.75) is 31.7 Å². The molecule has 2 aliphatic rings. The molecular weight excluding hydrogens is 212 g/mol. The number of nitrogens with zero attached hydrogens (tertiary/aromatic N) is 4. The van der Waals surface area contributed by atoms with Crippen molar-refractivity contribution in [3.05, 3.63) is 18.5 Å². The summed E-state index contributed by atoms with van der Waals surface area (Å²) in [7, 11) is 0. The predicted molar refractivity (Wildman–Crippen MR) is 68.1 cm³/mol. The molecule has 0 N–H and O–H groups in total. The Hall–Kier alpha value is -1.16. The molecule has 3 rings (SSSR count). The van der Waals surface area contributed by atoms with Gasteiger partial charge in [-0.1, -0.05) is 0 Å². The molecule has 2 saturated heterocycles. The van der Waals surface area contributed by atoms with Gasteiger partial charge in [0.05, 0.1) is 0 Å². The third kappa shape index (κ3) is 2.41. The van der Waals surface area contributed by atoms with Crippen LogP contribution in [-0.2, 0) is 0 Å². The Morgan fingerprint density at radius 3 is 2.53 bits per heavy atom. The van der Waals surface area contributed by atoms with E-state index in [4.69, 9.17) is 0 Å². The molecule has 2 fully saturated rings. The molecule has 2 aliphatic heterocycles. The summed E-state index contributed by atoms with van der Waals surface area (Å²) in [6.07, 6.45) is 9.02. The average Bonchev–Trinajstić information content (AvgIpc) is 2.94. The minimum Gasteiger partial charge on any atom is -0.339 e. The first kappa shape index (κ1) is 11.0. The Balaban J connectivity index is 1.67. The molecule has 1 aromatic rings. The smallest absolute Gasteiger partial charge is 0.225 e. The molecule has 4 heteroatoms. The lowest BCUT2D eigenvalue weighted by atomic mass is 10.0. The fourth-order valence-electron chi connectivity index (χ4n) is 3.00. The van der Waals surface area contributed by atoms with Crippen LogP contribution < -0.4 is 4.90 Å². The highest BCUT2D eigenvalue weighted by atomic mass is 15.3. The maximum atomic E-state index is 4.36. The van der Waals surface area contributed by atoms with E-state index in [9.17, 15) is 0 Å². The van der Waals surface area contributed by atoms with Crippen molar-refractivity contribution in [2.75, 3.05) is 31.1 Å². The lowest BCUT2D eigenvalue weighted by molar-refractivity contribution is 0.215. The van der Waals surface area contributed by atoms with Crippen LogP contribution in [0.5, 0.6) is 0 Å². The molecule has 1 atom stereocenters. The van der Waals surface area contributed by atoms with Gasteiger partial charge in [-0.3, -0.25) is 4.90 Å². The highest BCUT2D eigenvalue weighted by molar-refractivity contribution is 5.29. The maximum absolute atomic E-state index is 4.36. The average molecular weight is 232 g/mol. The lowest BCUT2D eigenvalue weighted by Crippen LogP contribution is -2.47. The van der Waals surface area contributed by atoms with Crippen molar-refractivity contribution in [2.24, 2.45) is 0 Å².